The number of esters is 1. The summed E-state index contributed by atoms with van der Waals surface area (Å²) >= 11 is 6.83. The van der Waals surface area contributed by atoms with Crippen LogP contribution >= 0.6 is 11.6 Å². The highest BCUT2D eigenvalue weighted by atomic mass is 35.5. The van der Waals surface area contributed by atoms with Gasteiger partial charge < -0.3 is 4.74 Å². The maximum absolute atomic E-state index is 12.9. The van der Waals surface area contributed by atoms with Crippen LogP contribution in [0, 0.1) is 0 Å². The number of carbonyl (C=O) groups is 1. The molecule has 0 atom stereocenters. The summed E-state index contributed by atoms with van der Waals surface area (Å²) in [4.78, 5) is 11.5. The lowest BCUT2D eigenvalue weighted by Crippen LogP contribution is -2.33. The third-order valence-electron chi connectivity index (χ3n) is 3.84. The van der Waals surface area contributed by atoms with Crippen molar-refractivity contribution in [2.45, 2.75) is 11.5 Å². The highest BCUT2D eigenvalue weighted by Gasteiger charge is 2.41. The fourth-order valence-electron chi connectivity index (χ4n) is 2.56. The molecule has 0 saturated heterocycles. The second-order valence-electron chi connectivity index (χ2n) is 5.45. The third kappa shape index (κ3) is 3.34. The van der Waals surface area contributed by atoms with Crippen LogP contribution in [0.4, 0.5) is 0 Å². The lowest BCUT2D eigenvalue weighted by Gasteiger charge is -2.26. The molecule has 2 nitrogen and oxygen atoms in total. The molecular formula is C21H17ClO2. The molecule has 0 amide bonds. The van der Waals surface area contributed by atoms with E-state index in [-0.39, 0.29) is 6.61 Å². The number of carbonyl (C=O) groups excluding carboxylic acids is 1. The molecule has 3 aromatic carbocycles. The van der Waals surface area contributed by atoms with Crippen molar-refractivity contribution in [1.82, 2.24) is 0 Å². The molecule has 0 radical (unpaired) electrons. The first-order valence-corrected chi connectivity index (χ1v) is 8.10. The van der Waals surface area contributed by atoms with Gasteiger partial charge in [-0.3, -0.25) is 0 Å². The highest BCUT2D eigenvalue weighted by Crippen LogP contribution is 2.38. The zero-order valence-electron chi connectivity index (χ0n) is 13.1. The van der Waals surface area contributed by atoms with Crippen LogP contribution in [-0.4, -0.2) is 5.97 Å². The molecule has 0 unspecified atom stereocenters. The summed E-state index contributed by atoms with van der Waals surface area (Å²) in [6.07, 6.45) is 0. The normalized spacial score (nSPS) is 11.0. The largest absolute Gasteiger partial charge is 0.459 e. The van der Waals surface area contributed by atoms with Crippen LogP contribution in [0.5, 0.6) is 0 Å². The first-order chi connectivity index (χ1) is 11.7. The number of hydrogen-bond donors (Lipinski definition) is 0. The fraction of sp³-hybridized carbons (Fsp3) is 0.0952. The molecule has 0 saturated carbocycles. The van der Waals surface area contributed by atoms with Crippen LogP contribution in [0.3, 0.4) is 0 Å². The van der Waals surface area contributed by atoms with Gasteiger partial charge in [-0.2, -0.15) is 0 Å². The molecule has 120 valence electrons. The predicted octanol–water partition coefficient (Wildman–Crippen LogP) is 4.91. The average Bonchev–Trinajstić information content (AvgIpc) is 2.67. The van der Waals surface area contributed by atoms with E-state index in [0.29, 0.717) is 11.1 Å². The van der Waals surface area contributed by atoms with Crippen LogP contribution in [0.2, 0.25) is 0 Å². The van der Waals surface area contributed by atoms with Gasteiger partial charge in [-0.05, 0) is 16.7 Å². The Morgan fingerprint density at radius 3 is 1.62 bits per heavy atom. The van der Waals surface area contributed by atoms with Crippen LogP contribution in [0.1, 0.15) is 16.7 Å². The Morgan fingerprint density at radius 1 is 0.750 bits per heavy atom. The van der Waals surface area contributed by atoms with Crippen molar-refractivity contribution in [2.24, 2.45) is 0 Å². The molecule has 24 heavy (non-hydrogen) atoms. The summed E-state index contributed by atoms with van der Waals surface area (Å²) in [5.74, 6) is -0.481. The molecule has 0 aliphatic carbocycles. The Kier molecular flexibility index (Phi) is 4.97. The van der Waals surface area contributed by atoms with E-state index in [2.05, 4.69) is 0 Å². The van der Waals surface area contributed by atoms with E-state index < -0.39 is 10.8 Å². The van der Waals surface area contributed by atoms with Crippen molar-refractivity contribution < 1.29 is 9.53 Å². The van der Waals surface area contributed by atoms with Crippen LogP contribution in [0.15, 0.2) is 91.0 Å². The second kappa shape index (κ2) is 7.33. The fourth-order valence-corrected chi connectivity index (χ4v) is 2.87. The topological polar surface area (TPSA) is 26.3 Å². The smallest absolute Gasteiger partial charge is 0.336 e. The number of hydrogen-bond acceptors (Lipinski definition) is 2. The minimum Gasteiger partial charge on any atom is -0.459 e. The zero-order valence-corrected chi connectivity index (χ0v) is 13.8. The molecule has 0 fully saturated rings. The minimum absolute atomic E-state index is 0.188. The van der Waals surface area contributed by atoms with Crippen LogP contribution < -0.4 is 0 Å². The Balaban J connectivity index is 1.92. The summed E-state index contributed by atoms with van der Waals surface area (Å²) in [6.45, 7) is 0.188. The number of rotatable bonds is 5. The van der Waals surface area contributed by atoms with Crippen molar-refractivity contribution in [2.75, 3.05) is 0 Å². The predicted molar refractivity (Wildman–Crippen MR) is 95.8 cm³/mol. The van der Waals surface area contributed by atoms with Gasteiger partial charge in [-0.25, -0.2) is 4.79 Å². The van der Waals surface area contributed by atoms with E-state index in [0.717, 1.165) is 5.56 Å². The van der Waals surface area contributed by atoms with E-state index in [1.54, 1.807) is 0 Å². The van der Waals surface area contributed by atoms with Crippen molar-refractivity contribution in [1.29, 1.82) is 0 Å². The van der Waals surface area contributed by atoms with E-state index in [1.807, 2.05) is 91.0 Å². The van der Waals surface area contributed by atoms with Crippen molar-refractivity contribution >= 4 is 17.6 Å². The van der Waals surface area contributed by atoms with Gasteiger partial charge in [0.2, 0.25) is 0 Å². The lowest BCUT2D eigenvalue weighted by molar-refractivity contribution is -0.147. The van der Waals surface area contributed by atoms with Crippen molar-refractivity contribution in [3.05, 3.63) is 108 Å². The maximum atomic E-state index is 12.9. The Labute approximate surface area is 146 Å². The minimum atomic E-state index is -1.36. The van der Waals surface area contributed by atoms with E-state index in [4.69, 9.17) is 16.3 Å². The van der Waals surface area contributed by atoms with Gasteiger partial charge in [0.25, 0.3) is 0 Å². The molecule has 0 spiro atoms. The molecule has 3 rings (SSSR count). The van der Waals surface area contributed by atoms with Gasteiger partial charge in [0.05, 0.1) is 0 Å². The van der Waals surface area contributed by atoms with Crippen LogP contribution in [-0.2, 0) is 21.0 Å². The van der Waals surface area contributed by atoms with E-state index in [1.165, 1.54) is 0 Å². The molecule has 0 aromatic heterocycles. The average molecular weight is 337 g/mol. The van der Waals surface area contributed by atoms with Crippen molar-refractivity contribution in [3.8, 4) is 0 Å². The van der Waals surface area contributed by atoms with Gasteiger partial charge in [0, 0.05) is 0 Å². The van der Waals surface area contributed by atoms with E-state index >= 15 is 0 Å². The maximum Gasteiger partial charge on any atom is 0.336 e. The van der Waals surface area contributed by atoms with Gasteiger partial charge in [0.15, 0.2) is 4.87 Å². The number of ether oxygens (including phenoxy) is 1. The van der Waals surface area contributed by atoms with Crippen molar-refractivity contribution in [3.63, 3.8) is 0 Å². The Hall–Kier alpha value is -2.58. The first kappa shape index (κ1) is 16.3. The summed E-state index contributed by atoms with van der Waals surface area (Å²) in [7, 11) is 0. The second-order valence-corrected chi connectivity index (χ2v) is 6.02. The van der Waals surface area contributed by atoms with Gasteiger partial charge in [-0.1, -0.05) is 103 Å². The van der Waals surface area contributed by atoms with Gasteiger partial charge in [0.1, 0.15) is 6.61 Å². The molecule has 3 aromatic rings. The Morgan fingerprint density at radius 2 is 1.17 bits per heavy atom. The molecular weight excluding hydrogens is 320 g/mol. The molecule has 0 aliphatic rings. The van der Waals surface area contributed by atoms with E-state index in [9.17, 15) is 4.79 Å². The highest BCUT2D eigenvalue weighted by molar-refractivity contribution is 6.36. The third-order valence-corrected chi connectivity index (χ3v) is 4.43. The zero-order chi connectivity index (χ0) is 16.8. The SMILES string of the molecule is O=C(OCc1ccccc1)C(Cl)(c1ccccc1)c1ccccc1. The molecule has 0 N–H and O–H groups in total. The van der Waals surface area contributed by atoms with Gasteiger partial charge >= 0.3 is 5.97 Å². The Bertz CT molecular complexity index is 746. The summed E-state index contributed by atoms with van der Waals surface area (Å²) in [6, 6.07) is 28.1. The summed E-state index contributed by atoms with van der Waals surface area (Å²) in [5, 5.41) is 0. The number of alkyl halides is 1. The molecule has 0 aliphatic heterocycles. The molecule has 0 heterocycles. The molecule has 3 heteroatoms. The van der Waals surface area contributed by atoms with Gasteiger partial charge in [-0.15, -0.1) is 0 Å². The monoisotopic (exact) mass is 336 g/mol. The van der Waals surface area contributed by atoms with Crippen LogP contribution in [0.25, 0.3) is 0 Å². The number of halogens is 1. The summed E-state index contributed by atoms with van der Waals surface area (Å²) in [5.41, 5.74) is 2.30. The molecule has 0 bridgehead atoms. The quantitative estimate of drug-likeness (QED) is 0.488. The number of benzene rings is 3. The summed E-state index contributed by atoms with van der Waals surface area (Å²) < 4.78 is 5.53. The standard InChI is InChI=1S/C21H17ClO2/c22-21(18-12-6-2-7-13-18,19-14-8-3-9-15-19)20(23)24-16-17-10-4-1-5-11-17/h1-15H,16H2. The lowest BCUT2D eigenvalue weighted by atomic mass is 9.90. The first-order valence-electron chi connectivity index (χ1n) is 7.72.